The Bertz CT molecular complexity index is 667. The van der Waals surface area contributed by atoms with Gasteiger partial charge in [0.05, 0.1) is 23.2 Å². The molecule has 0 radical (unpaired) electrons. The highest BCUT2D eigenvalue weighted by atomic mass is 32.1. The fourth-order valence-corrected chi connectivity index (χ4v) is 3.34. The number of carbonyl (C=O) groups excluding carboxylic acids is 1. The highest BCUT2D eigenvalue weighted by Gasteiger charge is 2.20. The molecule has 1 amide bonds. The molecule has 1 aromatic heterocycles. The Kier molecular flexibility index (Phi) is 5.87. The number of carbonyl (C=O) groups is 1. The van der Waals surface area contributed by atoms with E-state index in [0.29, 0.717) is 0 Å². The van der Waals surface area contributed by atoms with Crippen LogP contribution in [-0.2, 0) is 9.53 Å². The second-order valence-electron chi connectivity index (χ2n) is 5.63. The first-order chi connectivity index (χ1) is 10.9. The molecular weight excluding hydrogens is 310 g/mol. The van der Waals surface area contributed by atoms with Crippen LogP contribution in [0.1, 0.15) is 29.1 Å². The number of aromatic nitrogens is 1. The monoisotopic (exact) mass is 333 g/mol. The van der Waals surface area contributed by atoms with Gasteiger partial charge in [0.1, 0.15) is 11.0 Å². The summed E-state index contributed by atoms with van der Waals surface area (Å²) < 4.78 is 4.91. The van der Waals surface area contributed by atoms with Crippen molar-refractivity contribution in [1.29, 1.82) is 0 Å². The quantitative estimate of drug-likeness (QED) is 0.852. The molecule has 0 saturated heterocycles. The van der Waals surface area contributed by atoms with Gasteiger partial charge in [0.15, 0.2) is 0 Å². The second kappa shape index (κ2) is 7.68. The first kappa shape index (κ1) is 17.6. The normalized spacial score (nSPS) is 13.6. The van der Waals surface area contributed by atoms with E-state index in [9.17, 15) is 4.79 Å². The van der Waals surface area contributed by atoms with Crippen LogP contribution in [0.15, 0.2) is 24.3 Å². The maximum Gasteiger partial charge on any atom is 0.239 e. The van der Waals surface area contributed by atoms with E-state index in [1.165, 1.54) is 12.7 Å². The van der Waals surface area contributed by atoms with Crippen LogP contribution < -0.4 is 11.1 Å². The van der Waals surface area contributed by atoms with Crippen molar-refractivity contribution in [2.24, 2.45) is 5.73 Å². The number of hydrogen-bond donors (Lipinski definition) is 2. The largest absolute Gasteiger partial charge is 0.383 e. The lowest BCUT2D eigenvalue weighted by atomic mass is 10.2. The van der Waals surface area contributed by atoms with Crippen LogP contribution in [-0.4, -0.2) is 30.6 Å². The van der Waals surface area contributed by atoms with Crippen LogP contribution in [0.25, 0.3) is 10.6 Å². The van der Waals surface area contributed by atoms with Gasteiger partial charge in [0.2, 0.25) is 5.91 Å². The Balaban J connectivity index is 2.14. The van der Waals surface area contributed by atoms with Gasteiger partial charge in [-0.1, -0.05) is 29.8 Å². The molecule has 23 heavy (non-hydrogen) atoms. The summed E-state index contributed by atoms with van der Waals surface area (Å²) in [5.41, 5.74) is 8.99. The van der Waals surface area contributed by atoms with Crippen LogP contribution >= 0.6 is 11.3 Å². The number of nitrogens with zero attached hydrogens (tertiary/aromatic N) is 1. The van der Waals surface area contributed by atoms with Crippen LogP contribution in [0.3, 0.4) is 0 Å². The molecule has 0 aliphatic heterocycles. The van der Waals surface area contributed by atoms with Crippen molar-refractivity contribution in [3.05, 3.63) is 40.4 Å². The van der Waals surface area contributed by atoms with E-state index < -0.39 is 6.04 Å². The molecule has 1 aromatic carbocycles. The Morgan fingerprint density at radius 2 is 2.00 bits per heavy atom. The number of nitrogens with two attached hydrogens (primary N) is 1. The van der Waals surface area contributed by atoms with Crippen molar-refractivity contribution in [2.75, 3.05) is 13.7 Å². The molecule has 3 N–H and O–H groups in total. The summed E-state index contributed by atoms with van der Waals surface area (Å²) in [6.07, 6.45) is 0. The number of nitrogens with one attached hydrogen (secondary N) is 1. The third-order valence-electron chi connectivity index (χ3n) is 3.57. The summed E-state index contributed by atoms with van der Waals surface area (Å²) in [6, 6.07) is 7.47. The smallest absolute Gasteiger partial charge is 0.239 e. The number of rotatable bonds is 6. The first-order valence-electron chi connectivity index (χ1n) is 7.51. The summed E-state index contributed by atoms with van der Waals surface area (Å²) in [4.78, 5) is 17.7. The van der Waals surface area contributed by atoms with Gasteiger partial charge < -0.3 is 15.8 Å². The van der Waals surface area contributed by atoms with E-state index in [1.54, 1.807) is 11.3 Å². The summed E-state index contributed by atoms with van der Waals surface area (Å²) in [7, 11) is 1.53. The lowest BCUT2D eigenvalue weighted by Gasteiger charge is -2.16. The fourth-order valence-electron chi connectivity index (χ4n) is 2.27. The summed E-state index contributed by atoms with van der Waals surface area (Å²) in [5, 5.41) is 3.88. The van der Waals surface area contributed by atoms with Crippen molar-refractivity contribution < 1.29 is 9.53 Å². The lowest BCUT2D eigenvalue weighted by Crippen LogP contribution is -2.44. The van der Waals surface area contributed by atoms with E-state index in [4.69, 9.17) is 10.5 Å². The number of hydrogen-bond acceptors (Lipinski definition) is 5. The van der Waals surface area contributed by atoms with Crippen molar-refractivity contribution in [1.82, 2.24) is 10.3 Å². The molecule has 6 heteroatoms. The second-order valence-corrected chi connectivity index (χ2v) is 6.66. The van der Waals surface area contributed by atoms with Crippen molar-refractivity contribution >= 4 is 17.2 Å². The van der Waals surface area contributed by atoms with Gasteiger partial charge in [-0.3, -0.25) is 4.79 Å². The molecule has 2 aromatic rings. The van der Waals surface area contributed by atoms with Gasteiger partial charge in [-0.15, -0.1) is 11.3 Å². The van der Waals surface area contributed by atoms with Crippen molar-refractivity contribution in [2.45, 2.75) is 32.9 Å². The molecule has 5 nitrogen and oxygen atoms in total. The molecule has 2 unspecified atom stereocenters. The van der Waals surface area contributed by atoms with E-state index >= 15 is 0 Å². The molecule has 0 aliphatic carbocycles. The number of benzene rings is 1. The summed E-state index contributed by atoms with van der Waals surface area (Å²) in [6.45, 7) is 6.16. The average molecular weight is 333 g/mol. The van der Waals surface area contributed by atoms with Gasteiger partial charge in [-0.05, 0) is 20.8 Å². The average Bonchev–Trinajstić information content (AvgIpc) is 2.90. The molecule has 0 spiro atoms. The van der Waals surface area contributed by atoms with E-state index in [2.05, 4.69) is 41.5 Å². The zero-order valence-corrected chi connectivity index (χ0v) is 14.7. The third kappa shape index (κ3) is 4.37. The topological polar surface area (TPSA) is 77.2 Å². The SMILES string of the molecule is COCC(N)C(=O)NC(C)c1sc(-c2ccc(C)cc2)nc1C. The zero-order chi connectivity index (χ0) is 17.0. The predicted octanol–water partition coefficient (Wildman–Crippen LogP) is 2.58. The highest BCUT2D eigenvalue weighted by molar-refractivity contribution is 7.15. The van der Waals surface area contributed by atoms with Gasteiger partial charge >= 0.3 is 0 Å². The van der Waals surface area contributed by atoms with Crippen molar-refractivity contribution in [3.63, 3.8) is 0 Å². The molecule has 124 valence electrons. The summed E-state index contributed by atoms with van der Waals surface area (Å²) in [5.74, 6) is -0.218. The number of methoxy groups -OCH3 is 1. The number of aryl methyl sites for hydroxylation is 2. The minimum Gasteiger partial charge on any atom is -0.383 e. The van der Waals surface area contributed by atoms with E-state index in [1.807, 2.05) is 13.8 Å². The molecule has 0 bridgehead atoms. The van der Waals surface area contributed by atoms with Gasteiger partial charge in [0.25, 0.3) is 0 Å². The molecule has 0 saturated carbocycles. The Hall–Kier alpha value is -1.76. The van der Waals surface area contributed by atoms with Gasteiger partial charge in [-0.2, -0.15) is 0 Å². The first-order valence-corrected chi connectivity index (χ1v) is 8.33. The minimum absolute atomic E-state index is 0.137. The van der Waals surface area contributed by atoms with Crippen LogP contribution in [0.4, 0.5) is 0 Å². The molecule has 0 fully saturated rings. The lowest BCUT2D eigenvalue weighted by molar-refractivity contribution is -0.124. The maximum absolute atomic E-state index is 12.0. The highest BCUT2D eigenvalue weighted by Crippen LogP contribution is 2.31. The number of amides is 1. The molecular formula is C17H23N3O2S. The molecule has 2 rings (SSSR count). The Morgan fingerprint density at radius 1 is 1.35 bits per heavy atom. The minimum atomic E-state index is -0.660. The van der Waals surface area contributed by atoms with Gasteiger partial charge in [-0.25, -0.2) is 4.98 Å². The number of ether oxygens (including phenoxy) is 1. The van der Waals surface area contributed by atoms with E-state index in [0.717, 1.165) is 21.1 Å². The molecule has 0 aliphatic rings. The van der Waals surface area contributed by atoms with Crippen LogP contribution in [0.2, 0.25) is 0 Å². The maximum atomic E-state index is 12.0. The van der Waals surface area contributed by atoms with E-state index in [-0.39, 0.29) is 18.6 Å². The van der Waals surface area contributed by atoms with Crippen molar-refractivity contribution in [3.8, 4) is 10.6 Å². The molecule has 1 heterocycles. The van der Waals surface area contributed by atoms with Crippen LogP contribution in [0, 0.1) is 13.8 Å². The standard InChI is InChI=1S/C17H23N3O2S/c1-10-5-7-13(8-6-10)17-20-12(3)15(23-17)11(2)19-16(21)14(18)9-22-4/h5-8,11,14H,9,18H2,1-4H3,(H,19,21). The number of thiazole rings is 1. The van der Waals surface area contributed by atoms with Crippen LogP contribution in [0.5, 0.6) is 0 Å². The van der Waals surface area contributed by atoms with Gasteiger partial charge in [0, 0.05) is 12.7 Å². The third-order valence-corrected chi connectivity index (χ3v) is 4.96. The Morgan fingerprint density at radius 3 is 2.61 bits per heavy atom. The zero-order valence-electron chi connectivity index (χ0n) is 13.9. The Labute approximate surface area is 140 Å². The summed E-state index contributed by atoms with van der Waals surface area (Å²) >= 11 is 1.60. The molecule has 2 atom stereocenters. The predicted molar refractivity (Wildman–Crippen MR) is 93.4 cm³/mol. The fraction of sp³-hybridized carbons (Fsp3) is 0.412.